The van der Waals surface area contributed by atoms with Gasteiger partial charge in [-0.15, -0.1) is 0 Å². The third kappa shape index (κ3) is 2.78. The van der Waals surface area contributed by atoms with Gasteiger partial charge < -0.3 is 4.74 Å². The maximum Gasteiger partial charge on any atom is 0.322 e. The van der Waals surface area contributed by atoms with E-state index in [9.17, 15) is 9.59 Å². The minimum atomic E-state index is -0.855. The molecule has 1 saturated heterocycles. The summed E-state index contributed by atoms with van der Waals surface area (Å²) in [6.45, 7) is 1.71. The second-order valence-corrected chi connectivity index (χ2v) is 4.01. The lowest BCUT2D eigenvalue weighted by Gasteiger charge is -2.22. The average Bonchev–Trinajstić information content (AvgIpc) is 2.29. The lowest BCUT2D eigenvalue weighted by atomic mass is 9.98. The van der Waals surface area contributed by atoms with E-state index in [0.29, 0.717) is 5.69 Å². The number of nitrogens with zero attached hydrogens (tertiary/aromatic N) is 1. The first-order valence-corrected chi connectivity index (χ1v) is 5.49. The van der Waals surface area contributed by atoms with Gasteiger partial charge in [-0.25, -0.2) is 0 Å². The van der Waals surface area contributed by atoms with Gasteiger partial charge in [-0.3, -0.25) is 14.6 Å². The van der Waals surface area contributed by atoms with Gasteiger partial charge in [0, 0.05) is 12.6 Å². The first-order chi connectivity index (χ1) is 8.16. The first kappa shape index (κ1) is 11.5. The fraction of sp³-hybridized carbons (Fsp3) is 0.308. The number of hydrogen-bond donors (Lipinski definition) is 0. The van der Waals surface area contributed by atoms with Crippen LogP contribution in [0.25, 0.3) is 0 Å². The number of esters is 1. The van der Waals surface area contributed by atoms with Crippen molar-refractivity contribution in [1.82, 2.24) is 0 Å². The molecule has 17 heavy (non-hydrogen) atoms. The lowest BCUT2D eigenvalue weighted by Crippen LogP contribution is -2.37. The summed E-state index contributed by atoms with van der Waals surface area (Å²) < 4.78 is 5.01. The van der Waals surface area contributed by atoms with Crippen molar-refractivity contribution in [2.45, 2.75) is 19.4 Å². The summed E-state index contributed by atoms with van der Waals surface area (Å²) >= 11 is 0. The first-order valence-electron chi connectivity index (χ1n) is 5.49. The minimum Gasteiger partial charge on any atom is -0.461 e. The molecule has 0 amide bonds. The fourth-order valence-electron chi connectivity index (χ4n) is 1.67. The molecule has 0 spiro atoms. The van der Waals surface area contributed by atoms with E-state index in [1.165, 1.54) is 6.21 Å². The second kappa shape index (κ2) is 4.91. The molecule has 1 aliphatic heterocycles. The average molecular weight is 231 g/mol. The Bertz CT molecular complexity index is 435. The Balaban J connectivity index is 2.10. The molecule has 1 heterocycles. The molecule has 2 rings (SSSR count). The minimum absolute atomic E-state index is 0.131. The third-order valence-corrected chi connectivity index (χ3v) is 2.54. The lowest BCUT2D eigenvalue weighted by molar-refractivity contribution is -0.159. The maximum absolute atomic E-state index is 11.6. The molecule has 4 nitrogen and oxygen atoms in total. The fourth-order valence-corrected chi connectivity index (χ4v) is 1.67. The Hall–Kier alpha value is -1.97. The molecule has 0 saturated carbocycles. The smallest absolute Gasteiger partial charge is 0.322 e. The number of rotatable bonds is 2. The van der Waals surface area contributed by atoms with E-state index in [4.69, 9.17) is 4.74 Å². The summed E-state index contributed by atoms with van der Waals surface area (Å²) in [5.74, 6) is -1.49. The number of cyclic esters (lactones) is 1. The molecule has 4 heteroatoms. The number of ether oxygens (including phenoxy) is 1. The Kier molecular flexibility index (Phi) is 3.32. The zero-order chi connectivity index (χ0) is 12.3. The number of carbonyl (C=O) groups excluding carboxylic acids is 2. The molecule has 1 fully saturated rings. The van der Waals surface area contributed by atoms with Gasteiger partial charge in [0.15, 0.2) is 11.7 Å². The number of para-hydroxylation sites is 1. The number of hydrogen-bond acceptors (Lipinski definition) is 4. The van der Waals surface area contributed by atoms with Crippen molar-refractivity contribution in [2.24, 2.45) is 10.9 Å². The second-order valence-electron chi connectivity index (χ2n) is 4.01. The largest absolute Gasteiger partial charge is 0.461 e. The van der Waals surface area contributed by atoms with Gasteiger partial charge >= 0.3 is 5.97 Å². The molecular weight excluding hydrogens is 218 g/mol. The predicted octanol–water partition coefficient (Wildman–Crippen LogP) is 1.91. The molecule has 0 aromatic heterocycles. The van der Waals surface area contributed by atoms with Crippen LogP contribution in [0.3, 0.4) is 0 Å². The van der Waals surface area contributed by atoms with Crippen LogP contribution in [-0.4, -0.2) is 24.1 Å². The molecular formula is C13H13NO3. The standard InChI is InChI=1S/C13H13NO3/c1-9-7-12(15)11(13(16)17-9)8-14-10-5-3-2-4-6-10/h2-6,8-9,11H,7H2,1H3. The van der Waals surface area contributed by atoms with Crippen molar-refractivity contribution in [1.29, 1.82) is 0 Å². The normalized spacial score (nSPS) is 25.0. The van der Waals surface area contributed by atoms with Crippen LogP contribution in [0.15, 0.2) is 35.3 Å². The summed E-state index contributed by atoms with van der Waals surface area (Å²) in [6, 6.07) is 9.17. The molecule has 1 aliphatic rings. The summed E-state index contributed by atoms with van der Waals surface area (Å²) in [6.07, 6.45) is 1.31. The highest BCUT2D eigenvalue weighted by atomic mass is 16.5. The Labute approximate surface area is 99.3 Å². The van der Waals surface area contributed by atoms with E-state index < -0.39 is 11.9 Å². The maximum atomic E-state index is 11.6. The Morgan fingerprint density at radius 1 is 1.29 bits per heavy atom. The van der Waals surface area contributed by atoms with Crippen LogP contribution >= 0.6 is 0 Å². The van der Waals surface area contributed by atoms with Crippen LogP contribution < -0.4 is 0 Å². The molecule has 0 N–H and O–H groups in total. The summed E-state index contributed by atoms with van der Waals surface area (Å²) in [5, 5.41) is 0. The van der Waals surface area contributed by atoms with Gasteiger partial charge in [0.25, 0.3) is 0 Å². The van der Waals surface area contributed by atoms with Gasteiger partial charge in [0.2, 0.25) is 0 Å². The third-order valence-electron chi connectivity index (χ3n) is 2.54. The Morgan fingerprint density at radius 2 is 2.00 bits per heavy atom. The van der Waals surface area contributed by atoms with Crippen molar-refractivity contribution in [2.75, 3.05) is 0 Å². The van der Waals surface area contributed by atoms with Crippen LogP contribution in [0.2, 0.25) is 0 Å². The SMILES string of the molecule is CC1CC(=O)C(C=Nc2ccccc2)C(=O)O1. The summed E-state index contributed by atoms with van der Waals surface area (Å²) in [7, 11) is 0. The highest BCUT2D eigenvalue weighted by Gasteiger charge is 2.34. The number of aliphatic imine (C=N–C) groups is 1. The monoisotopic (exact) mass is 231 g/mol. The van der Waals surface area contributed by atoms with Gasteiger partial charge in [0.1, 0.15) is 6.10 Å². The molecule has 2 unspecified atom stereocenters. The van der Waals surface area contributed by atoms with Crippen molar-refractivity contribution in [3.8, 4) is 0 Å². The zero-order valence-electron chi connectivity index (χ0n) is 9.50. The molecule has 1 aromatic rings. The number of ketones is 1. The van der Waals surface area contributed by atoms with E-state index in [1.807, 2.05) is 18.2 Å². The van der Waals surface area contributed by atoms with Crippen LogP contribution in [0.1, 0.15) is 13.3 Å². The molecule has 0 aliphatic carbocycles. The quantitative estimate of drug-likeness (QED) is 0.444. The van der Waals surface area contributed by atoms with E-state index in [-0.39, 0.29) is 18.3 Å². The van der Waals surface area contributed by atoms with Crippen LogP contribution in [0.5, 0.6) is 0 Å². The Morgan fingerprint density at radius 3 is 2.65 bits per heavy atom. The molecule has 88 valence electrons. The summed E-state index contributed by atoms with van der Waals surface area (Å²) in [5.41, 5.74) is 0.715. The number of Topliss-reactive ketones (excluding diaryl/α,β-unsaturated/α-hetero) is 1. The molecule has 0 bridgehead atoms. The van der Waals surface area contributed by atoms with Crippen LogP contribution in [0, 0.1) is 5.92 Å². The van der Waals surface area contributed by atoms with Gasteiger partial charge in [-0.2, -0.15) is 0 Å². The summed E-state index contributed by atoms with van der Waals surface area (Å²) in [4.78, 5) is 27.3. The van der Waals surface area contributed by atoms with Gasteiger partial charge in [-0.1, -0.05) is 18.2 Å². The van der Waals surface area contributed by atoms with Crippen molar-refractivity contribution >= 4 is 23.7 Å². The topological polar surface area (TPSA) is 55.7 Å². The highest BCUT2D eigenvalue weighted by molar-refractivity contribution is 6.13. The van der Waals surface area contributed by atoms with Crippen molar-refractivity contribution in [3.05, 3.63) is 30.3 Å². The van der Waals surface area contributed by atoms with Crippen molar-refractivity contribution in [3.63, 3.8) is 0 Å². The molecule has 0 radical (unpaired) electrons. The van der Waals surface area contributed by atoms with Crippen molar-refractivity contribution < 1.29 is 14.3 Å². The highest BCUT2D eigenvalue weighted by Crippen LogP contribution is 2.17. The van der Waals surface area contributed by atoms with Gasteiger partial charge in [0.05, 0.1) is 5.69 Å². The van der Waals surface area contributed by atoms with Crippen LogP contribution in [-0.2, 0) is 14.3 Å². The van der Waals surface area contributed by atoms with E-state index in [2.05, 4.69) is 4.99 Å². The van der Waals surface area contributed by atoms with E-state index in [0.717, 1.165) is 0 Å². The zero-order valence-corrected chi connectivity index (χ0v) is 9.50. The molecule has 1 aromatic carbocycles. The molecule has 2 atom stereocenters. The van der Waals surface area contributed by atoms with E-state index in [1.54, 1.807) is 19.1 Å². The predicted molar refractivity (Wildman–Crippen MR) is 63.3 cm³/mol. The van der Waals surface area contributed by atoms with E-state index >= 15 is 0 Å². The van der Waals surface area contributed by atoms with Crippen LogP contribution in [0.4, 0.5) is 5.69 Å². The van der Waals surface area contributed by atoms with Gasteiger partial charge in [-0.05, 0) is 19.1 Å². The number of carbonyl (C=O) groups is 2. The number of benzene rings is 1.